The number of aromatic nitrogens is 2. The van der Waals surface area contributed by atoms with Crippen molar-refractivity contribution in [2.75, 3.05) is 0 Å². The molecule has 0 fully saturated rings. The van der Waals surface area contributed by atoms with Gasteiger partial charge in [0.2, 0.25) is 0 Å². The number of aryl methyl sites for hydroxylation is 1. The van der Waals surface area contributed by atoms with Gasteiger partial charge in [-0.25, -0.2) is 0 Å². The van der Waals surface area contributed by atoms with Gasteiger partial charge in [0.1, 0.15) is 5.65 Å². The van der Waals surface area contributed by atoms with E-state index < -0.39 is 0 Å². The lowest BCUT2D eigenvalue weighted by Gasteiger charge is -2.10. The summed E-state index contributed by atoms with van der Waals surface area (Å²) >= 11 is 0. The average Bonchev–Trinajstić information content (AvgIpc) is 3.14. The van der Waals surface area contributed by atoms with Crippen LogP contribution in [0.1, 0.15) is 6.92 Å². The minimum absolute atomic E-state index is 0.952. The molecule has 2 heterocycles. The second-order valence-electron chi connectivity index (χ2n) is 6.15. The molecule has 2 aromatic heterocycles. The van der Waals surface area contributed by atoms with E-state index in [0.29, 0.717) is 0 Å². The van der Waals surface area contributed by atoms with Crippen LogP contribution >= 0.6 is 0 Å². The summed E-state index contributed by atoms with van der Waals surface area (Å²) in [6.45, 7) is 3.17. The highest BCUT2D eigenvalue weighted by molar-refractivity contribution is 6.21. The van der Waals surface area contributed by atoms with Gasteiger partial charge >= 0.3 is 0 Å². The molecule has 0 spiro atoms. The fraction of sp³-hybridized carbons (Fsp3) is 0.0909. The van der Waals surface area contributed by atoms with Gasteiger partial charge in [-0.1, -0.05) is 54.6 Å². The van der Waals surface area contributed by atoms with Gasteiger partial charge in [0, 0.05) is 28.4 Å². The molecule has 0 unspecified atom stereocenters. The lowest BCUT2D eigenvalue weighted by molar-refractivity contribution is 0.808. The first kappa shape index (κ1) is 13.4. The first-order valence-corrected chi connectivity index (χ1v) is 8.46. The van der Waals surface area contributed by atoms with Gasteiger partial charge in [0.05, 0.1) is 11.0 Å². The Labute approximate surface area is 140 Å². The molecule has 0 saturated carbocycles. The number of fused-ring (bicyclic) bond motifs is 5. The van der Waals surface area contributed by atoms with Crippen molar-refractivity contribution in [1.29, 1.82) is 0 Å². The summed E-state index contributed by atoms with van der Waals surface area (Å²) in [6.07, 6.45) is 0. The van der Waals surface area contributed by atoms with E-state index in [2.05, 4.69) is 94.9 Å². The number of nitrogens with zero attached hydrogens (tertiary/aromatic N) is 2. The second-order valence-corrected chi connectivity index (χ2v) is 6.15. The van der Waals surface area contributed by atoms with E-state index in [1.165, 1.54) is 38.5 Å². The highest BCUT2D eigenvalue weighted by Gasteiger charge is 2.19. The highest BCUT2D eigenvalue weighted by Crippen LogP contribution is 2.38. The lowest BCUT2D eigenvalue weighted by atomic mass is 10.1. The summed E-state index contributed by atoms with van der Waals surface area (Å²) in [5.74, 6) is 0. The monoisotopic (exact) mass is 310 g/mol. The normalized spacial score (nSPS) is 11.7. The minimum atomic E-state index is 0.952. The van der Waals surface area contributed by atoms with Gasteiger partial charge in [-0.2, -0.15) is 0 Å². The van der Waals surface area contributed by atoms with Crippen molar-refractivity contribution in [2.24, 2.45) is 0 Å². The lowest BCUT2D eigenvalue weighted by Crippen LogP contribution is -2.01. The zero-order valence-electron chi connectivity index (χ0n) is 13.6. The van der Waals surface area contributed by atoms with Crippen LogP contribution in [0.25, 0.3) is 38.5 Å². The van der Waals surface area contributed by atoms with Gasteiger partial charge < -0.3 is 4.57 Å². The van der Waals surface area contributed by atoms with Gasteiger partial charge in [0.15, 0.2) is 0 Å². The molecule has 5 aromatic rings. The Balaban J connectivity index is 2.11. The van der Waals surface area contributed by atoms with E-state index in [1.807, 2.05) is 0 Å². The number of hydrogen-bond donors (Lipinski definition) is 0. The van der Waals surface area contributed by atoms with Crippen molar-refractivity contribution in [3.05, 3.63) is 78.9 Å². The number of para-hydroxylation sites is 3. The second kappa shape index (κ2) is 5.00. The first-order valence-electron chi connectivity index (χ1n) is 8.46. The maximum absolute atomic E-state index is 2.43. The fourth-order valence-electron chi connectivity index (χ4n) is 3.94. The molecule has 0 saturated heterocycles. The molecule has 116 valence electrons. The molecule has 24 heavy (non-hydrogen) atoms. The molecule has 0 amide bonds. The van der Waals surface area contributed by atoms with E-state index in [0.717, 1.165) is 6.54 Å². The molecule has 0 bridgehead atoms. The Kier molecular flexibility index (Phi) is 2.80. The topological polar surface area (TPSA) is 9.86 Å². The van der Waals surface area contributed by atoms with Crippen LogP contribution in [-0.2, 0) is 6.54 Å². The van der Waals surface area contributed by atoms with Crippen LogP contribution in [-0.4, -0.2) is 9.13 Å². The maximum Gasteiger partial charge on any atom is 0.126 e. The third-order valence-electron chi connectivity index (χ3n) is 4.90. The van der Waals surface area contributed by atoms with Crippen LogP contribution in [0.4, 0.5) is 0 Å². The predicted octanol–water partition coefficient (Wildman–Crippen LogP) is 5.76. The van der Waals surface area contributed by atoms with Crippen LogP contribution in [0.5, 0.6) is 0 Å². The van der Waals surface area contributed by atoms with E-state index in [9.17, 15) is 0 Å². The summed E-state index contributed by atoms with van der Waals surface area (Å²) in [5.41, 5.74) is 5.06. The Morgan fingerprint density at radius 3 is 1.96 bits per heavy atom. The van der Waals surface area contributed by atoms with Crippen molar-refractivity contribution < 1.29 is 0 Å². The molecule has 0 N–H and O–H groups in total. The number of rotatable bonds is 2. The Morgan fingerprint density at radius 2 is 1.25 bits per heavy atom. The Bertz CT molecular complexity index is 1180. The number of hydrogen-bond acceptors (Lipinski definition) is 0. The van der Waals surface area contributed by atoms with Crippen molar-refractivity contribution >= 4 is 32.8 Å². The average molecular weight is 310 g/mol. The third-order valence-corrected chi connectivity index (χ3v) is 4.90. The fourth-order valence-corrected chi connectivity index (χ4v) is 3.94. The summed E-state index contributed by atoms with van der Waals surface area (Å²) in [6, 6.07) is 28.1. The minimum Gasteiger partial charge on any atom is -0.327 e. The zero-order chi connectivity index (χ0) is 16.1. The Morgan fingerprint density at radius 1 is 0.667 bits per heavy atom. The van der Waals surface area contributed by atoms with E-state index >= 15 is 0 Å². The molecule has 0 aliphatic carbocycles. The molecule has 3 aromatic carbocycles. The van der Waals surface area contributed by atoms with Crippen LogP contribution in [0.2, 0.25) is 0 Å². The van der Waals surface area contributed by atoms with Crippen molar-refractivity contribution in [3.63, 3.8) is 0 Å². The van der Waals surface area contributed by atoms with Gasteiger partial charge in [-0.3, -0.25) is 4.57 Å². The van der Waals surface area contributed by atoms with E-state index in [4.69, 9.17) is 0 Å². The van der Waals surface area contributed by atoms with Crippen molar-refractivity contribution in [2.45, 2.75) is 13.5 Å². The van der Waals surface area contributed by atoms with Crippen molar-refractivity contribution in [1.82, 2.24) is 9.13 Å². The largest absolute Gasteiger partial charge is 0.327 e. The van der Waals surface area contributed by atoms with Gasteiger partial charge in [0.25, 0.3) is 0 Å². The van der Waals surface area contributed by atoms with Crippen LogP contribution in [0.15, 0.2) is 78.9 Å². The van der Waals surface area contributed by atoms with Crippen LogP contribution in [0, 0.1) is 0 Å². The summed E-state index contributed by atoms with van der Waals surface area (Å²) in [4.78, 5) is 0. The van der Waals surface area contributed by atoms with E-state index in [-0.39, 0.29) is 0 Å². The molecule has 2 heteroatoms. The standard InChI is InChI=1S/C22H18N2/c1-2-23-19-14-8-6-12-17(19)21-18-13-7-9-15-20(18)24(22(21)23)16-10-4-3-5-11-16/h3-15H,2H2,1H3. The molecular formula is C22H18N2. The molecule has 0 aliphatic heterocycles. The molecular weight excluding hydrogens is 292 g/mol. The SMILES string of the molecule is CCn1c2ccccc2c2c3ccccc3n(-c3ccccc3)c21. The molecule has 0 aliphatic rings. The quantitative estimate of drug-likeness (QED) is 0.392. The van der Waals surface area contributed by atoms with Gasteiger partial charge in [-0.05, 0) is 31.2 Å². The Hall–Kier alpha value is -3.00. The van der Waals surface area contributed by atoms with Crippen molar-refractivity contribution in [3.8, 4) is 5.69 Å². The molecule has 0 atom stereocenters. The van der Waals surface area contributed by atoms with Crippen LogP contribution in [0.3, 0.4) is 0 Å². The smallest absolute Gasteiger partial charge is 0.126 e. The third kappa shape index (κ3) is 1.65. The molecule has 0 radical (unpaired) electrons. The number of benzene rings is 3. The highest BCUT2D eigenvalue weighted by atomic mass is 15.1. The van der Waals surface area contributed by atoms with Gasteiger partial charge in [-0.15, -0.1) is 0 Å². The van der Waals surface area contributed by atoms with E-state index in [1.54, 1.807) is 0 Å². The molecule has 5 rings (SSSR count). The molecule has 2 nitrogen and oxygen atoms in total. The summed E-state index contributed by atoms with van der Waals surface area (Å²) in [7, 11) is 0. The van der Waals surface area contributed by atoms with Crippen LogP contribution < -0.4 is 0 Å². The maximum atomic E-state index is 2.43. The predicted molar refractivity (Wildman–Crippen MR) is 102 cm³/mol. The summed E-state index contributed by atoms with van der Waals surface area (Å²) < 4.78 is 4.83. The zero-order valence-corrected chi connectivity index (χ0v) is 13.6. The summed E-state index contributed by atoms with van der Waals surface area (Å²) in [5, 5.41) is 4.01. The first-order chi connectivity index (χ1) is 11.9.